The van der Waals surface area contributed by atoms with Crippen molar-refractivity contribution in [1.82, 2.24) is 20.6 Å². The van der Waals surface area contributed by atoms with Gasteiger partial charge >= 0.3 is 0 Å². The molecular formula is C14H18N4O3. The molecule has 1 atom stereocenters. The Hall–Kier alpha value is -2.57. The normalized spacial score (nSPS) is 11.9. The number of amides is 2. The molecule has 2 rings (SSSR count). The predicted octanol–water partition coefficient (Wildman–Crippen LogP) is 0.870. The van der Waals surface area contributed by atoms with Gasteiger partial charge in [0.15, 0.2) is 5.76 Å². The van der Waals surface area contributed by atoms with Gasteiger partial charge in [-0.2, -0.15) is 0 Å². The van der Waals surface area contributed by atoms with E-state index in [1.54, 1.807) is 31.5 Å². The van der Waals surface area contributed by atoms with Crippen molar-refractivity contribution in [3.8, 4) is 0 Å². The fourth-order valence-electron chi connectivity index (χ4n) is 1.80. The molecule has 0 aliphatic rings. The number of carbonyl (C=O) groups is 2. The standard InChI is InChI=1S/C14H18N4O3/c1-10(18-14(20)11-4-3-9-21-11)13(19)17-6-2-5-12-15-7-8-16-12/h3-4,7-10H,2,5-6H2,1H3,(H,15,16)(H,17,19)(H,18,20). The van der Waals surface area contributed by atoms with Crippen molar-refractivity contribution >= 4 is 11.8 Å². The van der Waals surface area contributed by atoms with Crippen LogP contribution in [0, 0.1) is 0 Å². The molecule has 0 aliphatic heterocycles. The van der Waals surface area contributed by atoms with Crippen LogP contribution in [0.2, 0.25) is 0 Å². The van der Waals surface area contributed by atoms with Crippen molar-refractivity contribution in [2.45, 2.75) is 25.8 Å². The van der Waals surface area contributed by atoms with Gasteiger partial charge in [0, 0.05) is 25.4 Å². The van der Waals surface area contributed by atoms with E-state index in [1.807, 2.05) is 0 Å². The third-order valence-electron chi connectivity index (χ3n) is 2.93. The molecule has 0 saturated heterocycles. The molecule has 0 radical (unpaired) electrons. The van der Waals surface area contributed by atoms with E-state index in [2.05, 4.69) is 20.6 Å². The van der Waals surface area contributed by atoms with E-state index in [4.69, 9.17) is 4.42 Å². The lowest BCUT2D eigenvalue weighted by molar-refractivity contribution is -0.122. The highest BCUT2D eigenvalue weighted by Crippen LogP contribution is 2.00. The van der Waals surface area contributed by atoms with E-state index < -0.39 is 11.9 Å². The maximum absolute atomic E-state index is 11.8. The van der Waals surface area contributed by atoms with Crippen molar-refractivity contribution in [2.24, 2.45) is 0 Å². The Balaban J connectivity index is 1.66. The first-order chi connectivity index (χ1) is 10.2. The summed E-state index contributed by atoms with van der Waals surface area (Å²) in [4.78, 5) is 30.6. The van der Waals surface area contributed by atoms with E-state index in [-0.39, 0.29) is 11.7 Å². The molecule has 2 amide bonds. The second kappa shape index (κ2) is 7.28. The van der Waals surface area contributed by atoms with Gasteiger partial charge in [0.25, 0.3) is 5.91 Å². The summed E-state index contributed by atoms with van der Waals surface area (Å²) < 4.78 is 4.96. The first-order valence-corrected chi connectivity index (χ1v) is 6.77. The van der Waals surface area contributed by atoms with E-state index in [9.17, 15) is 9.59 Å². The molecular weight excluding hydrogens is 272 g/mol. The average molecular weight is 290 g/mol. The van der Waals surface area contributed by atoms with Gasteiger partial charge in [0.05, 0.1) is 6.26 Å². The Morgan fingerprint density at radius 1 is 1.48 bits per heavy atom. The number of hydrogen-bond acceptors (Lipinski definition) is 4. The van der Waals surface area contributed by atoms with E-state index in [0.29, 0.717) is 6.54 Å². The molecule has 7 heteroatoms. The molecule has 2 aromatic heterocycles. The Morgan fingerprint density at radius 3 is 3.00 bits per heavy atom. The average Bonchev–Trinajstić information content (AvgIpc) is 3.15. The number of hydrogen-bond donors (Lipinski definition) is 3. The minimum atomic E-state index is -0.619. The molecule has 112 valence electrons. The van der Waals surface area contributed by atoms with E-state index >= 15 is 0 Å². The minimum Gasteiger partial charge on any atom is -0.459 e. The molecule has 0 spiro atoms. The van der Waals surface area contributed by atoms with Gasteiger partial charge in [0.2, 0.25) is 5.91 Å². The molecule has 21 heavy (non-hydrogen) atoms. The van der Waals surface area contributed by atoms with Gasteiger partial charge < -0.3 is 20.0 Å². The minimum absolute atomic E-state index is 0.187. The summed E-state index contributed by atoms with van der Waals surface area (Å²) >= 11 is 0. The smallest absolute Gasteiger partial charge is 0.287 e. The summed E-state index contributed by atoms with van der Waals surface area (Å²) in [5, 5.41) is 5.34. The van der Waals surface area contributed by atoms with Gasteiger partial charge in [0.1, 0.15) is 11.9 Å². The Labute approximate surface area is 122 Å². The number of aromatic amines is 1. The summed E-state index contributed by atoms with van der Waals surface area (Å²) in [5.41, 5.74) is 0. The molecule has 2 aromatic rings. The van der Waals surface area contributed by atoms with Crippen LogP contribution in [0.25, 0.3) is 0 Å². The molecule has 0 bridgehead atoms. The highest BCUT2D eigenvalue weighted by atomic mass is 16.3. The number of nitrogens with one attached hydrogen (secondary N) is 3. The zero-order valence-corrected chi connectivity index (χ0v) is 11.8. The maximum Gasteiger partial charge on any atom is 0.287 e. The number of aryl methyl sites for hydroxylation is 1. The van der Waals surface area contributed by atoms with Crippen molar-refractivity contribution < 1.29 is 14.0 Å². The van der Waals surface area contributed by atoms with Gasteiger partial charge in [-0.1, -0.05) is 0 Å². The largest absolute Gasteiger partial charge is 0.459 e. The van der Waals surface area contributed by atoms with Crippen molar-refractivity contribution in [2.75, 3.05) is 6.54 Å². The summed E-state index contributed by atoms with van der Waals surface area (Å²) in [6, 6.07) is 2.55. The van der Waals surface area contributed by atoms with Crippen molar-refractivity contribution in [3.63, 3.8) is 0 Å². The first-order valence-electron chi connectivity index (χ1n) is 6.77. The molecule has 1 unspecified atom stereocenters. The molecule has 0 aliphatic carbocycles. The fourth-order valence-corrected chi connectivity index (χ4v) is 1.80. The summed E-state index contributed by atoms with van der Waals surface area (Å²) in [6.07, 6.45) is 6.41. The highest BCUT2D eigenvalue weighted by Gasteiger charge is 2.17. The molecule has 7 nitrogen and oxygen atoms in total. The lowest BCUT2D eigenvalue weighted by atomic mass is 10.2. The van der Waals surface area contributed by atoms with Crippen molar-refractivity contribution in [3.05, 3.63) is 42.4 Å². The molecule has 0 aromatic carbocycles. The number of H-pyrrole nitrogens is 1. The number of rotatable bonds is 7. The monoisotopic (exact) mass is 290 g/mol. The first kappa shape index (κ1) is 14.8. The number of imidazole rings is 1. The second-order valence-electron chi connectivity index (χ2n) is 4.60. The van der Waals surface area contributed by atoms with Crippen LogP contribution in [0.1, 0.15) is 29.7 Å². The van der Waals surface area contributed by atoms with E-state index in [1.165, 1.54) is 6.26 Å². The van der Waals surface area contributed by atoms with Crippen LogP contribution >= 0.6 is 0 Å². The molecule has 3 N–H and O–H groups in total. The number of aromatic nitrogens is 2. The Bertz CT molecular complexity index is 563. The quantitative estimate of drug-likeness (QED) is 0.659. The van der Waals surface area contributed by atoms with E-state index in [0.717, 1.165) is 18.7 Å². The van der Waals surface area contributed by atoms with Crippen LogP contribution in [0.15, 0.2) is 35.2 Å². The van der Waals surface area contributed by atoms with Crippen LogP contribution in [0.3, 0.4) is 0 Å². The Kier molecular flexibility index (Phi) is 5.14. The number of carbonyl (C=O) groups excluding carboxylic acids is 2. The highest BCUT2D eigenvalue weighted by molar-refractivity contribution is 5.95. The lowest BCUT2D eigenvalue weighted by Crippen LogP contribution is -2.45. The number of nitrogens with zero attached hydrogens (tertiary/aromatic N) is 1. The lowest BCUT2D eigenvalue weighted by Gasteiger charge is -2.13. The fraction of sp³-hybridized carbons (Fsp3) is 0.357. The maximum atomic E-state index is 11.8. The zero-order valence-electron chi connectivity index (χ0n) is 11.8. The molecule has 0 fully saturated rings. The van der Waals surface area contributed by atoms with Gasteiger partial charge in [-0.3, -0.25) is 9.59 Å². The topological polar surface area (TPSA) is 100 Å². The number of furan rings is 1. The Morgan fingerprint density at radius 2 is 2.33 bits per heavy atom. The van der Waals surface area contributed by atoms with Crippen LogP contribution in [0.4, 0.5) is 0 Å². The SMILES string of the molecule is CC(NC(=O)c1ccco1)C(=O)NCCCc1ncc[nH]1. The van der Waals surface area contributed by atoms with Crippen LogP contribution in [-0.4, -0.2) is 34.4 Å². The van der Waals surface area contributed by atoms with Crippen LogP contribution in [0.5, 0.6) is 0 Å². The van der Waals surface area contributed by atoms with Crippen LogP contribution < -0.4 is 10.6 Å². The van der Waals surface area contributed by atoms with Gasteiger partial charge in [-0.15, -0.1) is 0 Å². The second-order valence-corrected chi connectivity index (χ2v) is 4.60. The van der Waals surface area contributed by atoms with Crippen LogP contribution in [-0.2, 0) is 11.2 Å². The van der Waals surface area contributed by atoms with Gasteiger partial charge in [-0.05, 0) is 25.5 Å². The predicted molar refractivity (Wildman–Crippen MR) is 75.6 cm³/mol. The third kappa shape index (κ3) is 4.48. The summed E-state index contributed by atoms with van der Waals surface area (Å²) in [6.45, 7) is 2.16. The third-order valence-corrected chi connectivity index (χ3v) is 2.93. The summed E-state index contributed by atoms with van der Waals surface area (Å²) in [5.74, 6) is 0.448. The van der Waals surface area contributed by atoms with Crippen molar-refractivity contribution in [1.29, 1.82) is 0 Å². The zero-order chi connectivity index (χ0) is 15.1. The van der Waals surface area contributed by atoms with Gasteiger partial charge in [-0.25, -0.2) is 4.98 Å². The summed E-state index contributed by atoms with van der Waals surface area (Å²) in [7, 11) is 0. The molecule has 2 heterocycles. The molecule has 0 saturated carbocycles.